The van der Waals surface area contributed by atoms with Crippen molar-refractivity contribution < 1.29 is 27.8 Å². The number of hydrogen-bond acceptors (Lipinski definition) is 4. The molecule has 4 aromatic carbocycles. The molecule has 242 valence electrons. The van der Waals surface area contributed by atoms with Crippen molar-refractivity contribution in [2.24, 2.45) is 15.7 Å². The van der Waals surface area contributed by atoms with Gasteiger partial charge in [-0.15, -0.1) is 0 Å². The molecule has 0 fully saturated rings. The molecule has 4 N–H and O–H groups in total. The molecular weight excluding hydrogens is 682 g/mol. The molecule has 0 radical (unpaired) electrons. The van der Waals surface area contributed by atoms with Gasteiger partial charge in [-0.05, 0) is 23.8 Å². The van der Waals surface area contributed by atoms with Gasteiger partial charge in [-0.25, -0.2) is 4.79 Å². The third-order valence-electron chi connectivity index (χ3n) is 8.76. The number of carbonyl (C=O) groups is 1. The Morgan fingerprint density at radius 2 is 1.06 bits per heavy atom. The Labute approximate surface area is 306 Å². The average molecular weight is 714 g/mol. The van der Waals surface area contributed by atoms with E-state index in [1.165, 1.54) is 9.67 Å². The topological polar surface area (TPSA) is 104 Å². The van der Waals surface area contributed by atoms with Crippen LogP contribution in [0.2, 0.25) is 0 Å². The van der Waals surface area contributed by atoms with E-state index in [-0.39, 0.29) is 5.56 Å². The first kappa shape index (κ1) is 33.2. The van der Waals surface area contributed by atoms with E-state index in [0.717, 1.165) is 74.2 Å². The first-order valence-electron chi connectivity index (χ1n) is 16.4. The second kappa shape index (κ2) is 14.7. The van der Waals surface area contributed by atoms with Crippen molar-refractivity contribution in [3.8, 4) is 0 Å². The second-order valence-corrected chi connectivity index (χ2v) is 13.4. The quantitative estimate of drug-likeness (QED) is 0.0998. The third kappa shape index (κ3) is 6.93. The van der Waals surface area contributed by atoms with E-state index in [1.807, 2.05) is 54.6 Å². The second-order valence-electron chi connectivity index (χ2n) is 12.0. The molecular formula is C44H32N4O2Zn. The molecule has 0 amide bonds. The summed E-state index contributed by atoms with van der Waals surface area (Å²) in [6.45, 7) is 3.89. The van der Waals surface area contributed by atoms with Crippen LogP contribution >= 0.6 is 0 Å². The smallest absolute Gasteiger partial charge is 0.478 e. The van der Waals surface area contributed by atoms with Crippen LogP contribution in [-0.2, 0) is 17.9 Å². The maximum absolute atomic E-state index is 11.5. The normalized spacial score (nSPS) is 16.0. The van der Waals surface area contributed by atoms with E-state index in [4.69, 9.17) is 15.7 Å². The fourth-order valence-electron chi connectivity index (χ4n) is 6.22. The number of benzene rings is 4. The van der Waals surface area contributed by atoms with Gasteiger partial charge in [0.1, 0.15) is 0 Å². The van der Waals surface area contributed by atoms with Gasteiger partial charge >= 0.3 is 226 Å². The minimum atomic E-state index is -0.991. The van der Waals surface area contributed by atoms with Gasteiger partial charge in [0.2, 0.25) is 0 Å². The standard InChI is InChI=1S/C44H32N4O2.Zn/c1-2-35(45)41(32-18-20-33(21-19-32)44(49)50)36-24-25-39(47-36)43(31-16-10-5-11-17-31)40-27-26-38(48-40)42(30-14-8-4-9-15-30)37-23-22-34(46-37)28-29-12-6-3-7-13-29;/h2-27,48H,1,45H2,(H,49,50);/b41-35-,42-37-,43-39-;. The summed E-state index contributed by atoms with van der Waals surface area (Å²) in [5.41, 5.74) is 18.8. The Balaban J connectivity index is 1.34. The van der Waals surface area contributed by atoms with Gasteiger partial charge in [-0.2, -0.15) is 0 Å². The molecule has 7 heteroatoms. The maximum atomic E-state index is 11.5. The Morgan fingerprint density at radius 1 is 0.608 bits per heavy atom. The first-order valence-corrected chi connectivity index (χ1v) is 17.9. The molecule has 5 aromatic rings. The van der Waals surface area contributed by atoms with Crippen LogP contribution in [0, 0.1) is 0 Å². The zero-order valence-electron chi connectivity index (χ0n) is 27.8. The number of hydrogen-bond donors (Lipinski definition) is 3. The van der Waals surface area contributed by atoms with Crippen LogP contribution in [-0.4, -0.2) is 31.6 Å². The van der Waals surface area contributed by atoms with Gasteiger partial charge in [-0.1, -0.05) is 24.8 Å². The van der Waals surface area contributed by atoms with Crippen molar-refractivity contribution in [2.45, 2.75) is 0 Å². The molecule has 2 aliphatic rings. The molecule has 0 unspecified atom stereocenters. The number of rotatable bonds is 10. The van der Waals surface area contributed by atoms with Gasteiger partial charge in [-0.3, -0.25) is 0 Å². The van der Waals surface area contributed by atoms with Gasteiger partial charge in [0.15, 0.2) is 0 Å². The van der Waals surface area contributed by atoms with Gasteiger partial charge in [0.05, 0.1) is 5.56 Å². The van der Waals surface area contributed by atoms with Crippen LogP contribution in [0.3, 0.4) is 0 Å². The number of nitrogens with zero attached hydrogens (tertiary/aromatic N) is 2. The summed E-state index contributed by atoms with van der Waals surface area (Å²) in [7, 11) is 0. The number of carboxylic acids is 1. The van der Waals surface area contributed by atoms with E-state index < -0.39 is 5.97 Å². The minimum absolute atomic E-state index is 0.194. The summed E-state index contributed by atoms with van der Waals surface area (Å²) in [6.07, 6.45) is 9.71. The van der Waals surface area contributed by atoms with Crippen LogP contribution in [0.1, 0.15) is 44.0 Å². The number of nitrogens with two attached hydrogens (primary N) is 1. The summed E-state index contributed by atoms with van der Waals surface area (Å²) in [5, 5.41) is 9.42. The SMILES string of the molecule is C=C/C(N)=C(C1=N/C(=C(/c2ccccc2)c2ccc(/C(=C3/C=CC([C](=[Zn])c4ccccc4)=N3)c3ccccc3)[nH]2)C=C1)\c1ccc(C(=O)O)cc1. The Kier molecular flexibility index (Phi) is 9.55. The van der Waals surface area contributed by atoms with Crippen molar-refractivity contribution in [3.05, 3.63) is 221 Å². The van der Waals surface area contributed by atoms with Gasteiger partial charge < -0.3 is 10.8 Å². The van der Waals surface area contributed by atoms with E-state index in [0.29, 0.717) is 17.0 Å². The molecule has 3 heterocycles. The van der Waals surface area contributed by atoms with Crippen molar-refractivity contribution in [2.75, 3.05) is 0 Å². The van der Waals surface area contributed by atoms with Crippen LogP contribution in [0.25, 0.3) is 16.7 Å². The predicted molar refractivity (Wildman–Crippen MR) is 204 cm³/mol. The Bertz CT molecular complexity index is 2390. The zero-order chi connectivity index (χ0) is 35.3. The number of aromatic carboxylic acids is 1. The van der Waals surface area contributed by atoms with Gasteiger partial charge in [0, 0.05) is 11.3 Å². The molecule has 2 aliphatic heterocycles. The summed E-state index contributed by atoms with van der Waals surface area (Å²) in [6, 6.07) is 41.7. The number of allylic oxidation sites excluding steroid dienone is 6. The predicted octanol–water partition coefficient (Wildman–Crippen LogP) is 8.58. The first-order chi connectivity index (χ1) is 24.9. The number of H-pyrrole nitrogens is 1. The number of aromatic nitrogens is 1. The Morgan fingerprint density at radius 3 is 1.55 bits per heavy atom. The molecule has 1 aromatic heterocycles. The average Bonchev–Trinajstić information content (AvgIpc) is 3.96. The van der Waals surface area contributed by atoms with Crippen molar-refractivity contribution in [1.29, 1.82) is 0 Å². The fourth-order valence-corrected chi connectivity index (χ4v) is 7.13. The molecule has 0 spiro atoms. The molecule has 0 atom stereocenters. The zero-order valence-corrected chi connectivity index (χ0v) is 30.7. The van der Waals surface area contributed by atoms with E-state index in [9.17, 15) is 9.90 Å². The van der Waals surface area contributed by atoms with Crippen molar-refractivity contribution in [1.82, 2.24) is 4.98 Å². The van der Waals surface area contributed by atoms with E-state index in [1.54, 1.807) is 30.3 Å². The van der Waals surface area contributed by atoms with E-state index >= 15 is 0 Å². The van der Waals surface area contributed by atoms with Crippen LogP contribution < -0.4 is 5.73 Å². The van der Waals surface area contributed by atoms with Gasteiger partial charge in [0.25, 0.3) is 0 Å². The number of aromatic amines is 1. The van der Waals surface area contributed by atoms with Crippen molar-refractivity contribution in [3.63, 3.8) is 0 Å². The minimum Gasteiger partial charge on any atom is -0.478 e. The molecule has 0 saturated carbocycles. The monoisotopic (exact) mass is 712 g/mol. The molecule has 51 heavy (non-hydrogen) atoms. The molecule has 0 aliphatic carbocycles. The number of nitrogens with one attached hydrogen (secondary N) is 1. The fraction of sp³-hybridized carbons (Fsp3) is 0. The summed E-state index contributed by atoms with van der Waals surface area (Å²) < 4.78 is 1.24. The van der Waals surface area contributed by atoms with Crippen molar-refractivity contribution >= 4 is 38.2 Å². The summed E-state index contributed by atoms with van der Waals surface area (Å²) >= 11 is 0.987. The Hall–Kier alpha value is -6.30. The number of carboxylic acid groups (broad SMARTS) is 1. The molecule has 0 saturated heterocycles. The van der Waals surface area contributed by atoms with Crippen LogP contribution in [0.15, 0.2) is 191 Å². The van der Waals surface area contributed by atoms with E-state index in [2.05, 4.69) is 84.4 Å². The summed E-state index contributed by atoms with van der Waals surface area (Å²) in [5.74, 6) is -0.991. The van der Waals surface area contributed by atoms with Crippen LogP contribution in [0.4, 0.5) is 0 Å². The molecule has 0 bridgehead atoms. The summed E-state index contributed by atoms with van der Waals surface area (Å²) in [4.78, 5) is 25.5. The number of aliphatic imine (C=N–C) groups is 2. The van der Waals surface area contributed by atoms with Crippen LogP contribution in [0.5, 0.6) is 0 Å². The molecule has 7 rings (SSSR count). The molecule has 6 nitrogen and oxygen atoms in total. The third-order valence-corrected chi connectivity index (χ3v) is 10.4.